The fourth-order valence-electron chi connectivity index (χ4n) is 2.48. The summed E-state index contributed by atoms with van der Waals surface area (Å²) in [6.45, 7) is 9.47. The third-order valence-corrected chi connectivity index (χ3v) is 4.23. The Kier molecular flexibility index (Phi) is 4.78. The summed E-state index contributed by atoms with van der Waals surface area (Å²) in [5.74, 6) is 0.264. The third kappa shape index (κ3) is 3.99. The first-order valence-electron chi connectivity index (χ1n) is 8.08. The van der Waals surface area contributed by atoms with Crippen molar-refractivity contribution in [3.05, 3.63) is 0 Å². The lowest BCUT2D eigenvalue weighted by Gasteiger charge is -2.36. The van der Waals surface area contributed by atoms with Crippen LogP contribution in [0.5, 0.6) is 0 Å². The number of hydrogen-bond acceptors (Lipinski definition) is 3. The minimum atomic E-state index is -0.530. The van der Waals surface area contributed by atoms with E-state index in [9.17, 15) is 14.4 Å². The predicted octanol–water partition coefficient (Wildman–Crippen LogP) is 0.618. The second-order valence-corrected chi connectivity index (χ2v) is 7.37. The van der Waals surface area contributed by atoms with Gasteiger partial charge in [0.1, 0.15) is 6.04 Å². The van der Waals surface area contributed by atoms with Gasteiger partial charge < -0.3 is 15.1 Å². The van der Waals surface area contributed by atoms with Crippen LogP contribution in [-0.4, -0.2) is 59.7 Å². The summed E-state index contributed by atoms with van der Waals surface area (Å²) in [6.07, 6.45) is 2.02. The first-order valence-corrected chi connectivity index (χ1v) is 8.08. The predicted molar refractivity (Wildman–Crippen MR) is 82.9 cm³/mol. The maximum atomic E-state index is 12.4. The van der Waals surface area contributed by atoms with Crippen LogP contribution in [0.1, 0.15) is 40.5 Å². The van der Waals surface area contributed by atoms with E-state index in [1.807, 2.05) is 25.7 Å². The van der Waals surface area contributed by atoms with Crippen LogP contribution in [0.2, 0.25) is 0 Å². The van der Waals surface area contributed by atoms with Gasteiger partial charge in [0.15, 0.2) is 0 Å². The van der Waals surface area contributed by atoms with Gasteiger partial charge in [-0.1, -0.05) is 20.8 Å². The lowest BCUT2D eigenvalue weighted by Crippen LogP contribution is -2.56. The summed E-state index contributed by atoms with van der Waals surface area (Å²) >= 11 is 0. The van der Waals surface area contributed by atoms with Gasteiger partial charge in [0.2, 0.25) is 17.7 Å². The Morgan fingerprint density at radius 2 is 1.50 bits per heavy atom. The standard InChI is InChI=1S/C16H27N3O3/c1-11(17-15(22)16(2,3)4)13(20)18-7-9-19(10-8-18)14(21)12-5-6-12/h11-12H,5-10H2,1-4H3,(H,17,22). The average Bonchev–Trinajstić information content (AvgIpc) is 3.29. The van der Waals surface area contributed by atoms with Crippen molar-refractivity contribution in [1.29, 1.82) is 0 Å². The Morgan fingerprint density at radius 3 is 1.95 bits per heavy atom. The third-order valence-electron chi connectivity index (χ3n) is 4.23. The summed E-state index contributed by atoms with van der Waals surface area (Å²) in [5.41, 5.74) is -0.510. The summed E-state index contributed by atoms with van der Waals surface area (Å²) < 4.78 is 0. The maximum absolute atomic E-state index is 12.4. The van der Waals surface area contributed by atoms with Crippen LogP contribution in [-0.2, 0) is 14.4 Å². The van der Waals surface area contributed by atoms with Gasteiger partial charge in [-0.05, 0) is 19.8 Å². The highest BCUT2D eigenvalue weighted by molar-refractivity contribution is 5.89. The maximum Gasteiger partial charge on any atom is 0.244 e. The lowest BCUT2D eigenvalue weighted by atomic mass is 9.95. The van der Waals surface area contributed by atoms with Gasteiger partial charge in [-0.15, -0.1) is 0 Å². The Bertz CT molecular complexity index is 458. The van der Waals surface area contributed by atoms with E-state index in [0.29, 0.717) is 26.2 Å². The highest BCUT2D eigenvalue weighted by Crippen LogP contribution is 2.31. The molecule has 6 nitrogen and oxygen atoms in total. The molecule has 1 heterocycles. The smallest absolute Gasteiger partial charge is 0.244 e. The molecule has 0 bridgehead atoms. The van der Waals surface area contributed by atoms with Gasteiger partial charge in [0.05, 0.1) is 0 Å². The van der Waals surface area contributed by atoms with Crippen LogP contribution < -0.4 is 5.32 Å². The van der Waals surface area contributed by atoms with Crippen molar-refractivity contribution < 1.29 is 14.4 Å². The number of piperazine rings is 1. The zero-order chi connectivity index (χ0) is 16.5. The lowest BCUT2D eigenvalue weighted by molar-refractivity contribution is -0.142. The van der Waals surface area contributed by atoms with Gasteiger partial charge in [0.25, 0.3) is 0 Å². The zero-order valence-electron chi connectivity index (χ0n) is 14.0. The molecule has 2 rings (SSSR count). The van der Waals surface area contributed by atoms with Crippen molar-refractivity contribution in [3.8, 4) is 0 Å². The molecule has 2 fully saturated rings. The molecular formula is C16H27N3O3. The number of hydrogen-bond donors (Lipinski definition) is 1. The Morgan fingerprint density at radius 1 is 1.00 bits per heavy atom. The van der Waals surface area contributed by atoms with Crippen LogP contribution in [0.3, 0.4) is 0 Å². The van der Waals surface area contributed by atoms with Crippen LogP contribution in [0.15, 0.2) is 0 Å². The molecule has 6 heteroatoms. The average molecular weight is 309 g/mol. The molecule has 1 saturated heterocycles. The van der Waals surface area contributed by atoms with Crippen LogP contribution in [0, 0.1) is 11.3 Å². The fourth-order valence-corrected chi connectivity index (χ4v) is 2.48. The summed E-state index contributed by atoms with van der Waals surface area (Å²) in [4.78, 5) is 39.9. The fraction of sp³-hybridized carbons (Fsp3) is 0.812. The molecule has 1 N–H and O–H groups in total. The number of rotatable bonds is 3. The number of amides is 3. The molecule has 1 aliphatic carbocycles. The van der Waals surface area contributed by atoms with Crippen LogP contribution in [0.4, 0.5) is 0 Å². The Balaban J connectivity index is 1.81. The number of nitrogens with one attached hydrogen (secondary N) is 1. The van der Waals surface area contributed by atoms with Gasteiger partial charge in [-0.2, -0.15) is 0 Å². The first kappa shape index (κ1) is 16.8. The molecule has 3 amide bonds. The molecule has 0 radical (unpaired) electrons. The molecule has 1 atom stereocenters. The molecular weight excluding hydrogens is 282 g/mol. The molecule has 0 spiro atoms. The minimum Gasteiger partial charge on any atom is -0.344 e. The van der Waals surface area contributed by atoms with E-state index in [-0.39, 0.29) is 23.6 Å². The van der Waals surface area contributed by atoms with E-state index in [2.05, 4.69) is 5.32 Å². The van der Waals surface area contributed by atoms with E-state index in [4.69, 9.17) is 0 Å². The van der Waals surface area contributed by atoms with Crippen LogP contribution >= 0.6 is 0 Å². The normalized spacial score (nSPS) is 20.5. The second-order valence-electron chi connectivity index (χ2n) is 7.37. The van der Waals surface area contributed by atoms with Gasteiger partial charge in [0, 0.05) is 37.5 Å². The highest BCUT2D eigenvalue weighted by Gasteiger charge is 2.36. The van der Waals surface area contributed by atoms with E-state index < -0.39 is 11.5 Å². The van der Waals surface area contributed by atoms with Crippen LogP contribution in [0.25, 0.3) is 0 Å². The van der Waals surface area contributed by atoms with Crippen molar-refractivity contribution in [3.63, 3.8) is 0 Å². The Hall–Kier alpha value is -1.59. The quantitative estimate of drug-likeness (QED) is 0.831. The van der Waals surface area contributed by atoms with Crippen molar-refractivity contribution >= 4 is 17.7 Å². The van der Waals surface area contributed by atoms with Crippen molar-refractivity contribution in [1.82, 2.24) is 15.1 Å². The molecule has 0 aromatic rings. The molecule has 124 valence electrons. The first-order chi connectivity index (χ1) is 10.2. The number of carbonyl (C=O) groups excluding carboxylic acids is 3. The molecule has 22 heavy (non-hydrogen) atoms. The van der Waals surface area contributed by atoms with Crippen molar-refractivity contribution in [2.24, 2.45) is 11.3 Å². The van der Waals surface area contributed by atoms with E-state index >= 15 is 0 Å². The minimum absolute atomic E-state index is 0.0730. The summed E-state index contributed by atoms with van der Waals surface area (Å²) in [7, 11) is 0. The summed E-state index contributed by atoms with van der Waals surface area (Å²) in [6, 6.07) is -0.530. The van der Waals surface area contributed by atoms with E-state index in [1.165, 1.54) is 0 Å². The van der Waals surface area contributed by atoms with Gasteiger partial charge in [-0.25, -0.2) is 0 Å². The monoisotopic (exact) mass is 309 g/mol. The summed E-state index contributed by atoms with van der Waals surface area (Å²) in [5, 5.41) is 2.77. The van der Waals surface area contributed by atoms with Gasteiger partial charge >= 0.3 is 0 Å². The molecule has 1 unspecified atom stereocenters. The number of carbonyl (C=O) groups is 3. The van der Waals surface area contributed by atoms with Crippen molar-refractivity contribution in [2.75, 3.05) is 26.2 Å². The molecule has 0 aromatic carbocycles. The van der Waals surface area contributed by atoms with Gasteiger partial charge in [-0.3, -0.25) is 14.4 Å². The zero-order valence-corrected chi connectivity index (χ0v) is 14.0. The second kappa shape index (κ2) is 6.26. The van der Waals surface area contributed by atoms with E-state index in [1.54, 1.807) is 11.8 Å². The largest absolute Gasteiger partial charge is 0.344 e. The van der Waals surface area contributed by atoms with E-state index in [0.717, 1.165) is 12.8 Å². The molecule has 2 aliphatic rings. The SMILES string of the molecule is CC(NC(=O)C(C)(C)C)C(=O)N1CCN(C(=O)C2CC2)CC1. The molecule has 1 aliphatic heterocycles. The topological polar surface area (TPSA) is 69.7 Å². The number of nitrogens with zero attached hydrogens (tertiary/aromatic N) is 2. The Labute approximate surface area is 132 Å². The molecule has 1 saturated carbocycles. The van der Waals surface area contributed by atoms with Crippen molar-refractivity contribution in [2.45, 2.75) is 46.6 Å². The highest BCUT2D eigenvalue weighted by atomic mass is 16.2. The molecule has 0 aromatic heterocycles.